The van der Waals surface area contributed by atoms with E-state index in [1.807, 2.05) is 4.57 Å². The predicted octanol–water partition coefficient (Wildman–Crippen LogP) is 2.42. The van der Waals surface area contributed by atoms with E-state index in [-0.39, 0.29) is 6.54 Å². The number of aromatic nitrogens is 4. The zero-order chi connectivity index (χ0) is 18.0. The van der Waals surface area contributed by atoms with Gasteiger partial charge in [-0.3, -0.25) is 5.21 Å². The molecule has 0 saturated heterocycles. The number of ether oxygens (including phenoxy) is 1. The Kier molecular flexibility index (Phi) is 4.76. The molecule has 2 N–H and O–H groups in total. The predicted molar refractivity (Wildman–Crippen MR) is 91.3 cm³/mol. The topological polar surface area (TPSA) is 105 Å². The Bertz CT molecular complexity index is 750. The van der Waals surface area contributed by atoms with Gasteiger partial charge < -0.3 is 14.6 Å². The van der Waals surface area contributed by atoms with Gasteiger partial charge in [-0.1, -0.05) is 0 Å². The number of nitrogens with one attached hydrogen (secondary N) is 1. The molecule has 0 atom stereocenters. The van der Waals surface area contributed by atoms with Crippen molar-refractivity contribution >= 4 is 23.1 Å². The molecule has 0 unspecified atom stereocenters. The molecule has 0 bridgehead atoms. The largest absolute Gasteiger partial charge is 0.442 e. The van der Waals surface area contributed by atoms with Gasteiger partial charge in [0.15, 0.2) is 11.5 Å². The van der Waals surface area contributed by atoms with E-state index < -0.39 is 11.7 Å². The van der Waals surface area contributed by atoms with Crippen molar-refractivity contribution in [3.8, 4) is 0 Å². The molecular formula is C16H24N6O3. The van der Waals surface area contributed by atoms with Crippen LogP contribution in [0.1, 0.15) is 40.0 Å². The first-order valence-electron chi connectivity index (χ1n) is 8.45. The maximum Gasteiger partial charge on any atom is 0.434 e. The molecule has 1 fully saturated rings. The number of rotatable bonds is 6. The van der Waals surface area contributed by atoms with Crippen molar-refractivity contribution in [3.05, 3.63) is 12.7 Å². The van der Waals surface area contributed by atoms with Gasteiger partial charge in [0, 0.05) is 12.6 Å². The van der Waals surface area contributed by atoms with Crippen molar-refractivity contribution in [1.82, 2.24) is 24.6 Å². The van der Waals surface area contributed by atoms with E-state index in [9.17, 15) is 10.0 Å². The molecule has 3 rings (SSSR count). The number of fused-ring (bicyclic) bond motifs is 1. The van der Waals surface area contributed by atoms with Crippen LogP contribution in [0.2, 0.25) is 0 Å². The van der Waals surface area contributed by atoms with Crippen LogP contribution in [0.4, 0.5) is 10.6 Å². The molecule has 0 aliphatic heterocycles. The molecule has 1 aliphatic rings. The SMILES string of the molecule is CC(C)(C)OC(=O)N(O)CCCn1cnc2c(NC3CC3)ncnc21. The minimum absolute atomic E-state index is 0.160. The number of imidazole rings is 1. The van der Waals surface area contributed by atoms with Gasteiger partial charge in [-0.25, -0.2) is 19.7 Å². The number of anilines is 1. The average molecular weight is 348 g/mol. The summed E-state index contributed by atoms with van der Waals surface area (Å²) in [4.78, 5) is 24.7. The van der Waals surface area contributed by atoms with Crippen LogP contribution in [0.5, 0.6) is 0 Å². The fourth-order valence-electron chi connectivity index (χ4n) is 2.37. The molecule has 1 aliphatic carbocycles. The first-order valence-corrected chi connectivity index (χ1v) is 8.45. The molecule has 0 aromatic carbocycles. The molecule has 0 spiro atoms. The summed E-state index contributed by atoms with van der Waals surface area (Å²) in [7, 11) is 0. The summed E-state index contributed by atoms with van der Waals surface area (Å²) < 4.78 is 6.99. The fourth-order valence-corrected chi connectivity index (χ4v) is 2.37. The third-order valence-electron chi connectivity index (χ3n) is 3.69. The molecular weight excluding hydrogens is 324 g/mol. The molecule has 2 heterocycles. The lowest BCUT2D eigenvalue weighted by Crippen LogP contribution is -2.35. The van der Waals surface area contributed by atoms with E-state index in [0.717, 1.165) is 29.8 Å². The Hall–Kier alpha value is -2.42. The van der Waals surface area contributed by atoms with E-state index in [2.05, 4.69) is 20.3 Å². The standard InChI is InChI=1S/C16H24N6O3/c1-16(2,3)25-15(23)22(24)8-4-7-21-10-19-12-13(20-11-5-6-11)17-9-18-14(12)21/h9-11,24H,4-8H2,1-3H3,(H,17,18,20). The second-order valence-corrected chi connectivity index (χ2v) is 7.21. The number of carbonyl (C=O) groups is 1. The Morgan fingerprint density at radius 1 is 1.40 bits per heavy atom. The van der Waals surface area contributed by atoms with E-state index >= 15 is 0 Å². The minimum atomic E-state index is -0.749. The number of hydrogen-bond acceptors (Lipinski definition) is 7. The first kappa shape index (κ1) is 17.4. The Labute approximate surface area is 146 Å². The maximum absolute atomic E-state index is 11.7. The average Bonchev–Trinajstić information content (AvgIpc) is 3.24. The van der Waals surface area contributed by atoms with Crippen LogP contribution in [0, 0.1) is 0 Å². The summed E-state index contributed by atoms with van der Waals surface area (Å²) in [5, 5.41) is 13.7. The van der Waals surface area contributed by atoms with Gasteiger partial charge in [-0.05, 0) is 40.0 Å². The summed E-state index contributed by atoms with van der Waals surface area (Å²) in [6.07, 6.45) is 5.32. The number of aryl methyl sites for hydroxylation is 1. The first-order chi connectivity index (χ1) is 11.8. The summed E-state index contributed by atoms with van der Waals surface area (Å²) in [5.74, 6) is 0.754. The Morgan fingerprint density at radius 2 is 2.16 bits per heavy atom. The van der Waals surface area contributed by atoms with E-state index in [0.29, 0.717) is 24.1 Å². The zero-order valence-corrected chi connectivity index (χ0v) is 14.8. The lowest BCUT2D eigenvalue weighted by molar-refractivity contribution is -0.0945. The Morgan fingerprint density at radius 3 is 2.84 bits per heavy atom. The Balaban J connectivity index is 1.57. The molecule has 25 heavy (non-hydrogen) atoms. The van der Waals surface area contributed by atoms with Gasteiger partial charge in [-0.2, -0.15) is 5.06 Å². The van der Waals surface area contributed by atoms with Crippen molar-refractivity contribution in [2.75, 3.05) is 11.9 Å². The highest BCUT2D eigenvalue weighted by atomic mass is 16.6. The normalized spacial score (nSPS) is 14.6. The van der Waals surface area contributed by atoms with E-state index in [1.165, 1.54) is 6.33 Å². The molecule has 2 aromatic heterocycles. The molecule has 1 saturated carbocycles. The molecule has 136 valence electrons. The number of hydrogen-bond donors (Lipinski definition) is 2. The van der Waals surface area contributed by atoms with Gasteiger partial charge >= 0.3 is 6.09 Å². The fraction of sp³-hybridized carbons (Fsp3) is 0.625. The van der Waals surface area contributed by atoms with E-state index in [1.54, 1.807) is 27.1 Å². The van der Waals surface area contributed by atoms with Crippen LogP contribution >= 0.6 is 0 Å². The second-order valence-electron chi connectivity index (χ2n) is 7.21. The van der Waals surface area contributed by atoms with Crippen LogP contribution < -0.4 is 5.32 Å². The molecule has 1 amide bonds. The van der Waals surface area contributed by atoms with Crippen LogP contribution in [0.15, 0.2) is 12.7 Å². The number of hydroxylamine groups is 2. The molecule has 9 nitrogen and oxygen atoms in total. The van der Waals surface area contributed by atoms with Crippen molar-refractivity contribution in [1.29, 1.82) is 0 Å². The van der Waals surface area contributed by atoms with Crippen molar-refractivity contribution in [3.63, 3.8) is 0 Å². The summed E-state index contributed by atoms with van der Waals surface area (Å²) in [6, 6.07) is 0.486. The summed E-state index contributed by atoms with van der Waals surface area (Å²) in [5.41, 5.74) is 0.836. The van der Waals surface area contributed by atoms with Crippen molar-refractivity contribution in [2.24, 2.45) is 0 Å². The highest BCUT2D eigenvalue weighted by Crippen LogP contribution is 2.26. The second kappa shape index (κ2) is 6.83. The maximum atomic E-state index is 11.7. The van der Waals surface area contributed by atoms with E-state index in [4.69, 9.17) is 4.74 Å². The van der Waals surface area contributed by atoms with Crippen molar-refractivity contribution < 1.29 is 14.7 Å². The lowest BCUT2D eigenvalue weighted by atomic mass is 10.2. The van der Waals surface area contributed by atoms with Gasteiger partial charge in [0.2, 0.25) is 0 Å². The highest BCUT2D eigenvalue weighted by Gasteiger charge is 2.23. The van der Waals surface area contributed by atoms with Crippen LogP contribution in [-0.4, -0.2) is 54.1 Å². The molecule has 2 aromatic rings. The van der Waals surface area contributed by atoms with Gasteiger partial charge in [0.25, 0.3) is 0 Å². The summed E-state index contributed by atoms with van der Waals surface area (Å²) >= 11 is 0. The monoisotopic (exact) mass is 348 g/mol. The lowest BCUT2D eigenvalue weighted by Gasteiger charge is -2.23. The van der Waals surface area contributed by atoms with Crippen molar-refractivity contribution in [2.45, 2.75) is 58.2 Å². The highest BCUT2D eigenvalue weighted by molar-refractivity contribution is 5.82. The molecule has 0 radical (unpaired) electrons. The smallest absolute Gasteiger partial charge is 0.434 e. The quantitative estimate of drug-likeness (QED) is 0.610. The number of amides is 1. The van der Waals surface area contributed by atoms with Gasteiger partial charge in [0.05, 0.1) is 12.9 Å². The van der Waals surface area contributed by atoms with Crippen LogP contribution in [0.25, 0.3) is 11.2 Å². The third-order valence-corrected chi connectivity index (χ3v) is 3.69. The summed E-state index contributed by atoms with van der Waals surface area (Å²) in [6.45, 7) is 5.99. The number of nitrogens with zero attached hydrogens (tertiary/aromatic N) is 5. The van der Waals surface area contributed by atoms with Crippen LogP contribution in [-0.2, 0) is 11.3 Å². The number of carbonyl (C=O) groups excluding carboxylic acids is 1. The van der Waals surface area contributed by atoms with Gasteiger partial charge in [-0.15, -0.1) is 0 Å². The zero-order valence-electron chi connectivity index (χ0n) is 14.8. The minimum Gasteiger partial charge on any atom is -0.442 e. The third kappa shape index (κ3) is 4.56. The molecule has 9 heteroatoms. The van der Waals surface area contributed by atoms with Crippen LogP contribution in [0.3, 0.4) is 0 Å². The van der Waals surface area contributed by atoms with Gasteiger partial charge in [0.1, 0.15) is 17.4 Å².